The molecule has 4 unspecified atom stereocenters. The molecule has 0 saturated heterocycles. The standard InChI is InChI=1S/C19H28O9S2/c1-18-7-5-12(27-29(21,22)23)9-11(18)10-15(28-30(24,25)26)17-13-3-4-16(20)19(13,2)8-6-14(17)18/h10,12-15,17H,3-9H2,1-2H3,(H,21,22,23)(H,24,25,26)/t12-,13?,14?,15?,17?,18-,19-/m0/s1. The number of carbonyl (C=O) groups is 1. The van der Waals surface area contributed by atoms with Crippen molar-refractivity contribution >= 4 is 26.6 Å². The maximum Gasteiger partial charge on any atom is 0.397 e. The van der Waals surface area contributed by atoms with Crippen LogP contribution in [-0.2, 0) is 34.0 Å². The van der Waals surface area contributed by atoms with Crippen LogP contribution in [0.2, 0.25) is 0 Å². The van der Waals surface area contributed by atoms with E-state index >= 15 is 0 Å². The molecule has 0 amide bonds. The highest BCUT2D eigenvalue weighted by Gasteiger charge is 2.61. The number of fused-ring (bicyclic) bond motifs is 5. The van der Waals surface area contributed by atoms with E-state index < -0.39 is 38.4 Å². The Morgan fingerprint density at radius 1 is 0.933 bits per heavy atom. The first-order valence-electron chi connectivity index (χ1n) is 10.3. The van der Waals surface area contributed by atoms with Crippen LogP contribution >= 0.6 is 0 Å². The average molecular weight is 465 g/mol. The summed E-state index contributed by atoms with van der Waals surface area (Å²) in [4.78, 5) is 12.6. The lowest BCUT2D eigenvalue weighted by atomic mass is 9.47. The first kappa shape index (κ1) is 22.3. The summed E-state index contributed by atoms with van der Waals surface area (Å²) in [5, 5.41) is 0. The molecule has 0 bridgehead atoms. The van der Waals surface area contributed by atoms with Gasteiger partial charge < -0.3 is 0 Å². The fourth-order valence-corrected chi connectivity index (χ4v) is 7.82. The minimum Gasteiger partial charge on any atom is -0.299 e. The smallest absolute Gasteiger partial charge is 0.299 e. The summed E-state index contributed by atoms with van der Waals surface area (Å²) in [5.41, 5.74) is -0.0321. The number of hydrogen-bond donors (Lipinski definition) is 2. The van der Waals surface area contributed by atoms with Gasteiger partial charge in [-0.25, -0.2) is 8.37 Å². The van der Waals surface area contributed by atoms with Gasteiger partial charge in [0.15, 0.2) is 0 Å². The molecule has 0 heterocycles. The second kappa shape index (κ2) is 7.08. The molecule has 0 aromatic carbocycles. The van der Waals surface area contributed by atoms with Crippen molar-refractivity contribution in [1.82, 2.24) is 0 Å². The SMILES string of the molecule is C[C@]12CC[C@H](OS(=O)(=O)O)CC1=CC(OS(=O)(=O)O)C1C2CC[C@]2(C)C(=O)CCC12. The Morgan fingerprint density at radius 3 is 2.17 bits per heavy atom. The molecule has 4 aliphatic rings. The van der Waals surface area contributed by atoms with Crippen molar-refractivity contribution in [2.24, 2.45) is 28.6 Å². The minimum atomic E-state index is -4.73. The summed E-state index contributed by atoms with van der Waals surface area (Å²) in [6.07, 6.45) is 3.79. The molecule has 4 rings (SSSR count). The van der Waals surface area contributed by atoms with E-state index in [2.05, 4.69) is 6.92 Å². The number of hydrogen-bond acceptors (Lipinski definition) is 7. The largest absolute Gasteiger partial charge is 0.397 e. The predicted octanol–water partition coefficient (Wildman–Crippen LogP) is 2.50. The van der Waals surface area contributed by atoms with E-state index in [1.54, 1.807) is 6.08 Å². The van der Waals surface area contributed by atoms with Gasteiger partial charge in [0.1, 0.15) is 11.9 Å². The Morgan fingerprint density at radius 2 is 1.53 bits per heavy atom. The van der Waals surface area contributed by atoms with Gasteiger partial charge in [0.25, 0.3) is 0 Å². The monoisotopic (exact) mass is 464 g/mol. The molecule has 4 aliphatic carbocycles. The van der Waals surface area contributed by atoms with Crippen LogP contribution < -0.4 is 0 Å². The molecule has 170 valence electrons. The number of rotatable bonds is 4. The maximum atomic E-state index is 12.6. The fourth-order valence-electron chi connectivity index (χ4n) is 6.85. The van der Waals surface area contributed by atoms with E-state index in [0.717, 1.165) is 5.57 Å². The molecule has 0 aliphatic heterocycles. The Bertz CT molecular complexity index is 985. The van der Waals surface area contributed by atoms with Gasteiger partial charge in [-0.2, -0.15) is 16.8 Å². The highest BCUT2D eigenvalue weighted by Crippen LogP contribution is 2.64. The lowest BCUT2D eigenvalue weighted by Crippen LogP contribution is -2.55. The highest BCUT2D eigenvalue weighted by molar-refractivity contribution is 7.81. The lowest BCUT2D eigenvalue weighted by molar-refractivity contribution is -0.134. The van der Waals surface area contributed by atoms with Crippen LogP contribution in [0.5, 0.6) is 0 Å². The van der Waals surface area contributed by atoms with Gasteiger partial charge in [-0.15, -0.1) is 0 Å². The topological polar surface area (TPSA) is 144 Å². The van der Waals surface area contributed by atoms with E-state index in [1.165, 1.54) is 0 Å². The van der Waals surface area contributed by atoms with Crippen molar-refractivity contribution in [3.8, 4) is 0 Å². The normalized spacial score (nSPS) is 44.1. The summed E-state index contributed by atoms with van der Waals surface area (Å²) >= 11 is 0. The molecule has 2 N–H and O–H groups in total. The second-order valence-electron chi connectivity index (χ2n) is 9.70. The van der Waals surface area contributed by atoms with Crippen molar-refractivity contribution in [2.75, 3.05) is 0 Å². The van der Waals surface area contributed by atoms with Gasteiger partial charge in [-0.1, -0.05) is 25.5 Å². The molecule has 0 radical (unpaired) electrons. The second-order valence-corrected chi connectivity index (χ2v) is 11.8. The summed E-state index contributed by atoms with van der Waals surface area (Å²) in [7, 11) is -9.34. The van der Waals surface area contributed by atoms with Crippen LogP contribution in [0.1, 0.15) is 58.8 Å². The van der Waals surface area contributed by atoms with Crippen molar-refractivity contribution in [3.05, 3.63) is 11.6 Å². The third-order valence-electron chi connectivity index (χ3n) is 8.26. The van der Waals surface area contributed by atoms with Crippen molar-refractivity contribution in [2.45, 2.75) is 71.0 Å². The molecule has 9 nitrogen and oxygen atoms in total. The summed E-state index contributed by atoms with van der Waals surface area (Å²) in [6.45, 7) is 4.04. The molecular weight excluding hydrogens is 436 g/mol. The van der Waals surface area contributed by atoms with E-state index in [9.17, 15) is 26.2 Å². The molecular formula is C19H28O9S2. The number of ketones is 1. The Balaban J connectivity index is 1.74. The molecule has 0 aromatic rings. The molecule has 30 heavy (non-hydrogen) atoms. The Hall–Kier alpha value is -0.850. The highest BCUT2D eigenvalue weighted by atomic mass is 32.3. The third kappa shape index (κ3) is 3.77. The predicted molar refractivity (Wildman–Crippen MR) is 105 cm³/mol. The number of Topliss-reactive ketones (excluding diaryl/α,β-unsaturated/α-hetero) is 1. The van der Waals surface area contributed by atoms with Crippen LogP contribution in [0.4, 0.5) is 0 Å². The Labute approximate surface area is 177 Å². The molecule has 3 saturated carbocycles. The zero-order valence-corrected chi connectivity index (χ0v) is 18.6. The minimum absolute atomic E-state index is 0.0277. The van der Waals surface area contributed by atoms with Crippen LogP contribution in [0, 0.1) is 28.6 Å². The van der Waals surface area contributed by atoms with Gasteiger partial charge >= 0.3 is 20.8 Å². The average Bonchev–Trinajstić information content (AvgIpc) is 2.89. The van der Waals surface area contributed by atoms with Gasteiger partial charge in [0.05, 0.1) is 6.10 Å². The zero-order chi connectivity index (χ0) is 22.1. The van der Waals surface area contributed by atoms with Crippen LogP contribution in [0.3, 0.4) is 0 Å². The maximum absolute atomic E-state index is 12.6. The molecule has 3 fully saturated rings. The summed E-state index contributed by atoms with van der Waals surface area (Å²) in [5.74, 6) is -0.0662. The van der Waals surface area contributed by atoms with Crippen molar-refractivity contribution < 1.29 is 39.1 Å². The van der Waals surface area contributed by atoms with Gasteiger partial charge in [0, 0.05) is 11.8 Å². The van der Waals surface area contributed by atoms with E-state index in [0.29, 0.717) is 38.5 Å². The summed E-state index contributed by atoms with van der Waals surface area (Å²) < 4.78 is 73.8. The van der Waals surface area contributed by atoms with Crippen LogP contribution in [-0.4, -0.2) is 43.9 Å². The third-order valence-corrected chi connectivity index (χ3v) is 9.24. The van der Waals surface area contributed by atoms with E-state index in [-0.39, 0.29) is 35.4 Å². The van der Waals surface area contributed by atoms with E-state index in [4.69, 9.17) is 12.9 Å². The van der Waals surface area contributed by atoms with Crippen molar-refractivity contribution in [1.29, 1.82) is 0 Å². The Kier molecular flexibility index (Phi) is 5.27. The fraction of sp³-hybridized carbons (Fsp3) is 0.842. The van der Waals surface area contributed by atoms with Gasteiger partial charge in [-0.3, -0.25) is 13.9 Å². The number of carbonyl (C=O) groups excluding carboxylic acids is 1. The molecule has 11 heteroatoms. The lowest BCUT2D eigenvalue weighted by Gasteiger charge is -2.58. The van der Waals surface area contributed by atoms with Crippen LogP contribution in [0.15, 0.2) is 11.6 Å². The molecule has 0 aromatic heterocycles. The summed E-state index contributed by atoms with van der Waals surface area (Å²) in [6, 6.07) is 0. The zero-order valence-electron chi connectivity index (χ0n) is 17.0. The van der Waals surface area contributed by atoms with E-state index in [1.807, 2.05) is 6.92 Å². The molecule has 7 atom stereocenters. The quantitative estimate of drug-likeness (QED) is 0.473. The van der Waals surface area contributed by atoms with Crippen LogP contribution in [0.25, 0.3) is 0 Å². The van der Waals surface area contributed by atoms with Crippen molar-refractivity contribution in [3.63, 3.8) is 0 Å². The first-order valence-corrected chi connectivity index (χ1v) is 13.0. The first-order chi connectivity index (χ1) is 13.7. The van der Waals surface area contributed by atoms with Gasteiger partial charge in [0.2, 0.25) is 0 Å². The molecule has 0 spiro atoms. The van der Waals surface area contributed by atoms with Gasteiger partial charge in [-0.05, 0) is 61.7 Å².